The van der Waals surface area contributed by atoms with Gasteiger partial charge in [0.1, 0.15) is 6.17 Å². The number of halogens is 2. The van der Waals surface area contributed by atoms with Gasteiger partial charge in [0.15, 0.2) is 0 Å². The van der Waals surface area contributed by atoms with Gasteiger partial charge in [-0.25, -0.2) is 4.39 Å². The zero-order valence-corrected chi connectivity index (χ0v) is 9.43. The van der Waals surface area contributed by atoms with Crippen LogP contribution < -0.4 is 5.73 Å². The average molecular weight is 258 g/mol. The maximum atomic E-state index is 14.1. The molecule has 0 amide bonds. The third kappa shape index (κ3) is 1.59. The van der Waals surface area contributed by atoms with Gasteiger partial charge in [0.25, 0.3) is 0 Å². The summed E-state index contributed by atoms with van der Waals surface area (Å²) in [4.78, 5) is 0. The van der Waals surface area contributed by atoms with Crippen LogP contribution in [0.1, 0.15) is 24.6 Å². The van der Waals surface area contributed by atoms with Crippen LogP contribution in [0, 0.1) is 5.41 Å². The minimum atomic E-state index is -0.928. The summed E-state index contributed by atoms with van der Waals surface area (Å²) >= 11 is 3.37. The van der Waals surface area contributed by atoms with Gasteiger partial charge in [-0.05, 0) is 18.9 Å². The highest BCUT2D eigenvalue weighted by Crippen LogP contribution is 2.56. The van der Waals surface area contributed by atoms with Crippen molar-refractivity contribution in [1.29, 1.82) is 0 Å². The van der Waals surface area contributed by atoms with E-state index in [-0.39, 0.29) is 5.41 Å². The first-order chi connectivity index (χ1) is 6.69. The molecule has 14 heavy (non-hydrogen) atoms. The van der Waals surface area contributed by atoms with E-state index in [4.69, 9.17) is 5.73 Å². The Morgan fingerprint density at radius 3 is 2.57 bits per heavy atom. The molecule has 2 rings (SSSR count). The first-order valence-electron chi connectivity index (χ1n) is 4.78. The Morgan fingerprint density at radius 2 is 2.07 bits per heavy atom. The highest BCUT2D eigenvalue weighted by atomic mass is 79.9. The van der Waals surface area contributed by atoms with E-state index in [1.807, 2.05) is 24.3 Å². The van der Waals surface area contributed by atoms with Crippen molar-refractivity contribution in [3.8, 4) is 0 Å². The Hall–Kier alpha value is -0.410. The molecule has 0 aromatic heterocycles. The second-order valence-electron chi connectivity index (χ2n) is 3.95. The Balaban J connectivity index is 2.27. The summed E-state index contributed by atoms with van der Waals surface area (Å²) in [6, 6.07) is 7.45. The monoisotopic (exact) mass is 257 g/mol. The van der Waals surface area contributed by atoms with Gasteiger partial charge < -0.3 is 5.73 Å². The van der Waals surface area contributed by atoms with Gasteiger partial charge in [0, 0.05) is 22.0 Å². The van der Waals surface area contributed by atoms with Crippen LogP contribution >= 0.6 is 15.9 Å². The smallest absolute Gasteiger partial charge is 0.133 e. The molecule has 1 aliphatic carbocycles. The predicted molar refractivity (Wildman–Crippen MR) is 58.7 cm³/mol. The van der Waals surface area contributed by atoms with E-state index in [9.17, 15) is 4.39 Å². The van der Waals surface area contributed by atoms with Crippen molar-refractivity contribution in [2.45, 2.75) is 19.0 Å². The van der Waals surface area contributed by atoms with E-state index < -0.39 is 6.17 Å². The van der Waals surface area contributed by atoms with Gasteiger partial charge in [-0.2, -0.15) is 0 Å². The first-order valence-corrected chi connectivity index (χ1v) is 5.57. The molecule has 1 atom stereocenters. The second kappa shape index (κ2) is 3.63. The van der Waals surface area contributed by atoms with Crippen molar-refractivity contribution >= 4 is 15.9 Å². The Kier molecular flexibility index (Phi) is 2.62. The third-order valence-corrected chi connectivity index (χ3v) is 3.74. The highest BCUT2D eigenvalue weighted by molar-refractivity contribution is 9.10. The second-order valence-corrected chi connectivity index (χ2v) is 4.80. The van der Waals surface area contributed by atoms with E-state index >= 15 is 0 Å². The van der Waals surface area contributed by atoms with Crippen LogP contribution in [0.2, 0.25) is 0 Å². The molecular weight excluding hydrogens is 245 g/mol. The lowest BCUT2D eigenvalue weighted by Gasteiger charge is -2.19. The zero-order valence-electron chi connectivity index (χ0n) is 7.84. The van der Waals surface area contributed by atoms with Crippen LogP contribution in [0.4, 0.5) is 4.39 Å². The summed E-state index contributed by atoms with van der Waals surface area (Å²) in [6.45, 7) is 0.440. The van der Waals surface area contributed by atoms with Crippen LogP contribution in [-0.2, 0) is 0 Å². The number of nitrogens with two attached hydrogens (primary N) is 1. The van der Waals surface area contributed by atoms with Crippen LogP contribution in [0.3, 0.4) is 0 Å². The van der Waals surface area contributed by atoms with Crippen molar-refractivity contribution in [1.82, 2.24) is 0 Å². The van der Waals surface area contributed by atoms with Crippen molar-refractivity contribution in [3.05, 3.63) is 34.3 Å². The quantitative estimate of drug-likeness (QED) is 0.885. The van der Waals surface area contributed by atoms with E-state index in [0.717, 1.165) is 22.9 Å². The average Bonchev–Trinajstić information content (AvgIpc) is 2.98. The summed E-state index contributed by atoms with van der Waals surface area (Å²) in [5, 5.41) is 0. The predicted octanol–water partition coefficient (Wildman–Crippen LogP) is 3.20. The fourth-order valence-corrected chi connectivity index (χ4v) is 2.22. The molecule has 1 saturated carbocycles. The molecule has 1 aliphatic rings. The molecule has 0 spiro atoms. The van der Waals surface area contributed by atoms with Crippen molar-refractivity contribution in [3.63, 3.8) is 0 Å². The number of rotatable bonds is 3. The van der Waals surface area contributed by atoms with E-state index in [0.29, 0.717) is 6.54 Å². The molecule has 1 aromatic carbocycles. The lowest BCUT2D eigenvalue weighted by atomic mass is 9.94. The summed E-state index contributed by atoms with van der Waals surface area (Å²) in [5.41, 5.74) is 6.06. The lowest BCUT2D eigenvalue weighted by molar-refractivity contribution is 0.216. The largest absolute Gasteiger partial charge is 0.330 e. The molecule has 0 aliphatic heterocycles. The highest BCUT2D eigenvalue weighted by Gasteiger charge is 2.49. The summed E-state index contributed by atoms with van der Waals surface area (Å²) in [5.74, 6) is 0. The van der Waals surface area contributed by atoms with Gasteiger partial charge in [0.05, 0.1) is 0 Å². The molecule has 0 saturated heterocycles. The molecule has 0 bridgehead atoms. The third-order valence-electron chi connectivity index (χ3n) is 3.01. The first kappa shape index (κ1) is 10.1. The summed E-state index contributed by atoms with van der Waals surface area (Å²) < 4.78 is 15.0. The van der Waals surface area contributed by atoms with Gasteiger partial charge in [-0.3, -0.25) is 0 Å². The Morgan fingerprint density at radius 1 is 1.43 bits per heavy atom. The van der Waals surface area contributed by atoms with Crippen LogP contribution in [0.25, 0.3) is 0 Å². The van der Waals surface area contributed by atoms with Gasteiger partial charge in [-0.15, -0.1) is 0 Å². The molecule has 1 aromatic rings. The fourth-order valence-electron chi connectivity index (χ4n) is 1.73. The maximum Gasteiger partial charge on any atom is 0.133 e. The van der Waals surface area contributed by atoms with Crippen molar-refractivity contribution in [2.75, 3.05) is 6.54 Å². The van der Waals surface area contributed by atoms with E-state index in [2.05, 4.69) is 15.9 Å². The Bertz CT molecular complexity index is 336. The molecule has 0 radical (unpaired) electrons. The fraction of sp³-hybridized carbons (Fsp3) is 0.455. The Labute approximate surface area is 91.6 Å². The normalized spacial score (nSPS) is 20.5. The molecule has 2 N–H and O–H groups in total. The number of hydrogen-bond donors (Lipinski definition) is 1. The van der Waals surface area contributed by atoms with Gasteiger partial charge in [-0.1, -0.05) is 34.1 Å². The summed E-state index contributed by atoms with van der Waals surface area (Å²) in [6.07, 6.45) is 0.890. The van der Waals surface area contributed by atoms with Crippen LogP contribution in [-0.4, -0.2) is 6.54 Å². The summed E-state index contributed by atoms with van der Waals surface area (Å²) in [7, 11) is 0. The molecular formula is C11H13BrFN. The molecule has 0 heterocycles. The minimum absolute atomic E-state index is 0.274. The number of hydrogen-bond acceptors (Lipinski definition) is 1. The number of benzene rings is 1. The van der Waals surface area contributed by atoms with E-state index in [1.165, 1.54) is 0 Å². The minimum Gasteiger partial charge on any atom is -0.330 e. The molecule has 1 nitrogen and oxygen atoms in total. The van der Waals surface area contributed by atoms with Crippen LogP contribution in [0.5, 0.6) is 0 Å². The molecule has 1 unspecified atom stereocenters. The molecule has 76 valence electrons. The standard InChI is InChI=1S/C11H13BrFN/c12-9-4-2-1-3-8(9)10(13)11(7-14)5-6-11/h1-4,10H,5-7,14H2. The maximum absolute atomic E-state index is 14.1. The lowest BCUT2D eigenvalue weighted by Crippen LogP contribution is -2.21. The van der Waals surface area contributed by atoms with Crippen molar-refractivity contribution < 1.29 is 4.39 Å². The molecule has 1 fully saturated rings. The van der Waals surface area contributed by atoms with E-state index in [1.54, 1.807) is 0 Å². The van der Waals surface area contributed by atoms with Gasteiger partial charge in [0.2, 0.25) is 0 Å². The van der Waals surface area contributed by atoms with Gasteiger partial charge >= 0.3 is 0 Å². The topological polar surface area (TPSA) is 26.0 Å². The zero-order chi connectivity index (χ0) is 10.2. The SMILES string of the molecule is NCC1(C(F)c2ccccc2Br)CC1. The molecule has 3 heteroatoms. The number of alkyl halides is 1. The van der Waals surface area contributed by atoms with Crippen LogP contribution in [0.15, 0.2) is 28.7 Å². The van der Waals surface area contributed by atoms with Crippen molar-refractivity contribution in [2.24, 2.45) is 11.1 Å².